The van der Waals surface area contributed by atoms with E-state index < -0.39 is 0 Å². The van der Waals surface area contributed by atoms with E-state index in [1.54, 1.807) is 0 Å². The molecule has 1 N–H and O–H groups in total. The van der Waals surface area contributed by atoms with Gasteiger partial charge in [-0.25, -0.2) is 0 Å². The van der Waals surface area contributed by atoms with Crippen LogP contribution in [0.1, 0.15) is 0 Å². The number of benzene rings is 1. The average molecular weight is 142 g/mol. The van der Waals surface area contributed by atoms with Crippen LogP contribution in [0.5, 0.6) is 0 Å². The molecule has 0 bridgehead atoms. The van der Waals surface area contributed by atoms with Crippen molar-refractivity contribution < 1.29 is 0 Å². The molecule has 0 saturated heterocycles. The first kappa shape index (κ1) is 7.80. The molecule has 0 aliphatic carbocycles. The molecule has 0 unspecified atom stereocenters. The zero-order valence-electron chi connectivity index (χ0n) is 6.25. The van der Waals surface area contributed by atoms with Crippen molar-refractivity contribution in [2.75, 3.05) is 0 Å². The second-order valence-corrected chi connectivity index (χ2v) is 2.06. The van der Waals surface area contributed by atoms with Crippen LogP contribution in [0, 0.1) is 0 Å². The van der Waals surface area contributed by atoms with E-state index in [9.17, 15) is 0 Å². The number of aromatic amines is 1. The molecule has 1 nitrogen and oxygen atoms in total. The quantitative estimate of drug-likeness (QED) is 0.539. The molecule has 2 aromatic rings. The zero-order valence-corrected chi connectivity index (χ0v) is 6.25. The van der Waals surface area contributed by atoms with Gasteiger partial charge in [-0.2, -0.15) is 0 Å². The Kier molecular flexibility index (Phi) is 2.67. The van der Waals surface area contributed by atoms with Crippen LogP contribution < -0.4 is 0 Å². The fourth-order valence-corrected chi connectivity index (χ4v) is 0.995. The fourth-order valence-electron chi connectivity index (χ4n) is 0.995. The Hall–Kier alpha value is -1.31. The topological polar surface area (TPSA) is 15.8 Å². The number of para-hydroxylation sites is 1. The third-order valence-corrected chi connectivity index (χ3v) is 1.46. The Morgan fingerprint density at radius 3 is 2.55 bits per heavy atom. The first-order valence-electron chi connectivity index (χ1n) is 3.40. The predicted octanol–water partition coefficient (Wildman–Crippen LogP) is 1.75. The van der Waals surface area contributed by atoms with Gasteiger partial charge < -0.3 is 4.98 Å². The van der Waals surface area contributed by atoms with E-state index in [-0.39, 0.29) is 0 Å². The molecule has 1 heterocycles. The third-order valence-electron chi connectivity index (χ3n) is 1.46. The molecule has 0 saturated carbocycles. The first-order chi connectivity index (χ1) is 5.47. The molecule has 0 aliphatic rings. The summed E-state index contributed by atoms with van der Waals surface area (Å²) in [6.45, 7) is 2.75. The van der Waals surface area contributed by atoms with Gasteiger partial charge in [0.25, 0.3) is 0 Å². The molecule has 11 heavy (non-hydrogen) atoms. The third kappa shape index (κ3) is 1.58. The van der Waals surface area contributed by atoms with Gasteiger partial charge in [0.2, 0.25) is 0 Å². The van der Waals surface area contributed by atoms with Crippen LogP contribution in [0.15, 0.2) is 36.5 Å². The average Bonchev–Trinajstić information content (AvgIpc) is 2.55. The maximum Gasteiger partial charge on any atom is 0.0453 e. The Balaban J connectivity index is 0.000000281. The number of hydrogen-bond donors (Lipinski definition) is 1. The normalized spacial score (nSPS) is 8.64. The summed E-state index contributed by atoms with van der Waals surface area (Å²) in [6, 6.07) is 10.3. The summed E-state index contributed by atoms with van der Waals surface area (Å²) < 4.78 is 0. The second-order valence-electron chi connectivity index (χ2n) is 2.06. The summed E-state index contributed by atoms with van der Waals surface area (Å²) in [4.78, 5) is 3.12. The van der Waals surface area contributed by atoms with Crippen LogP contribution in [-0.4, -0.2) is 18.9 Å². The molecule has 1 radical (unpaired) electrons. The minimum absolute atomic E-state index is 1.21. The molecular formula is C9H9BN. The molecule has 53 valence electrons. The van der Waals surface area contributed by atoms with E-state index in [4.69, 9.17) is 0 Å². The van der Waals surface area contributed by atoms with Gasteiger partial charge in [-0.1, -0.05) is 18.2 Å². The van der Waals surface area contributed by atoms with Crippen molar-refractivity contribution in [3.8, 4) is 0 Å². The summed E-state index contributed by atoms with van der Waals surface area (Å²) in [5.74, 6) is 0. The van der Waals surface area contributed by atoms with Crippen molar-refractivity contribution in [1.82, 2.24) is 4.98 Å². The molecule has 1 aromatic carbocycles. The molecule has 0 aliphatic heterocycles. The van der Waals surface area contributed by atoms with Crippen molar-refractivity contribution in [2.45, 2.75) is 0 Å². The fraction of sp³-hybridized carbons (Fsp3) is 0. The summed E-state index contributed by atoms with van der Waals surface area (Å²) in [7, 11) is 4.25. The van der Waals surface area contributed by atoms with E-state index in [0.717, 1.165) is 0 Å². The van der Waals surface area contributed by atoms with Gasteiger partial charge in [0.15, 0.2) is 0 Å². The van der Waals surface area contributed by atoms with Gasteiger partial charge in [-0.05, 0) is 17.5 Å². The van der Waals surface area contributed by atoms with Crippen LogP contribution in [0.2, 0.25) is 0 Å². The van der Waals surface area contributed by atoms with E-state index in [2.05, 4.69) is 37.1 Å². The first-order valence-corrected chi connectivity index (χ1v) is 3.40. The minimum Gasteiger partial charge on any atom is -0.361 e. The smallest absolute Gasteiger partial charge is 0.0453 e. The van der Waals surface area contributed by atoms with Crippen LogP contribution >= 0.6 is 0 Å². The van der Waals surface area contributed by atoms with Gasteiger partial charge in [-0.15, -0.1) is 0 Å². The molecule has 0 atom stereocenters. The number of fused-ring (bicyclic) bond motifs is 1. The summed E-state index contributed by atoms with van der Waals surface area (Å²) in [6.07, 6.45) is 1.95. The minimum atomic E-state index is 1.21. The van der Waals surface area contributed by atoms with Crippen molar-refractivity contribution in [3.63, 3.8) is 0 Å². The van der Waals surface area contributed by atoms with E-state index >= 15 is 0 Å². The van der Waals surface area contributed by atoms with Crippen LogP contribution in [-0.2, 0) is 0 Å². The molecule has 2 rings (SSSR count). The molecule has 2 heteroatoms. The molecule has 0 amide bonds. The standard InChI is InChI=1S/C8H7N.CH2B/c1-2-4-8-7(3-1)5-6-9-8;1-2/h1-6,9H;1H2. The maximum absolute atomic E-state index is 4.25. The number of hydrogen-bond acceptors (Lipinski definition) is 0. The van der Waals surface area contributed by atoms with E-state index in [1.807, 2.05) is 18.3 Å². The molecular weight excluding hydrogens is 133 g/mol. The van der Waals surface area contributed by atoms with Crippen molar-refractivity contribution in [1.29, 1.82) is 0 Å². The number of nitrogens with one attached hydrogen (secondary N) is 1. The predicted molar refractivity (Wildman–Crippen MR) is 51.2 cm³/mol. The van der Waals surface area contributed by atoms with Crippen molar-refractivity contribution in [2.24, 2.45) is 0 Å². The maximum atomic E-state index is 4.25. The Morgan fingerprint density at radius 1 is 1.09 bits per heavy atom. The molecule has 0 spiro atoms. The van der Waals surface area contributed by atoms with Gasteiger partial charge >= 0.3 is 14.0 Å². The monoisotopic (exact) mass is 142 g/mol. The van der Waals surface area contributed by atoms with Crippen LogP contribution in [0.3, 0.4) is 0 Å². The largest absolute Gasteiger partial charge is 0.361 e. The Bertz CT molecular complexity index is 297. The SMILES string of the molecule is [B]=C.c1ccc2[nH]ccc2c1. The van der Waals surface area contributed by atoms with Gasteiger partial charge in [0.05, 0.1) is 0 Å². The number of aromatic nitrogens is 1. The van der Waals surface area contributed by atoms with E-state index in [1.165, 1.54) is 10.9 Å². The summed E-state index contributed by atoms with van der Waals surface area (Å²) in [5.41, 5.74) is 1.21. The number of rotatable bonds is 0. The van der Waals surface area contributed by atoms with Crippen LogP contribution in [0.4, 0.5) is 0 Å². The Morgan fingerprint density at radius 2 is 1.82 bits per heavy atom. The summed E-state index contributed by atoms with van der Waals surface area (Å²) in [5, 5.41) is 1.28. The van der Waals surface area contributed by atoms with Crippen molar-refractivity contribution >= 4 is 24.9 Å². The van der Waals surface area contributed by atoms with E-state index in [0.29, 0.717) is 0 Å². The van der Waals surface area contributed by atoms with Gasteiger partial charge in [0.1, 0.15) is 0 Å². The number of H-pyrrole nitrogens is 1. The van der Waals surface area contributed by atoms with Gasteiger partial charge in [0, 0.05) is 11.7 Å². The Labute approximate surface area is 67.1 Å². The summed E-state index contributed by atoms with van der Waals surface area (Å²) >= 11 is 0. The van der Waals surface area contributed by atoms with Crippen molar-refractivity contribution in [3.05, 3.63) is 36.5 Å². The van der Waals surface area contributed by atoms with Crippen LogP contribution in [0.25, 0.3) is 10.9 Å². The molecule has 0 fully saturated rings. The molecule has 1 aromatic heterocycles. The second kappa shape index (κ2) is 3.76. The zero-order chi connectivity index (χ0) is 8.10. The van der Waals surface area contributed by atoms with Gasteiger partial charge in [-0.3, -0.25) is 0 Å².